The Kier molecular flexibility index (Phi) is 4.41. The van der Waals surface area contributed by atoms with Crippen LogP contribution in [0.2, 0.25) is 0 Å². The molecule has 0 saturated carbocycles. The second-order valence-corrected chi connectivity index (χ2v) is 5.62. The molecule has 1 aromatic heterocycles. The van der Waals surface area contributed by atoms with E-state index in [0.717, 1.165) is 17.9 Å². The smallest absolute Gasteiger partial charge is 0.277 e. The zero-order valence-electron chi connectivity index (χ0n) is 12.9. The second-order valence-electron chi connectivity index (χ2n) is 5.62. The number of carbonyl (C=O) groups excluding carboxylic acids is 4. The zero-order chi connectivity index (χ0) is 17.1. The van der Waals surface area contributed by atoms with Crippen LogP contribution >= 0.6 is 0 Å². The van der Waals surface area contributed by atoms with Crippen molar-refractivity contribution in [2.45, 2.75) is 31.8 Å². The first-order chi connectivity index (χ1) is 11.6. The van der Waals surface area contributed by atoms with Crippen LogP contribution in [0.25, 0.3) is 0 Å². The molecule has 4 amide bonds. The minimum Gasteiger partial charge on any atom is -0.380 e. The average Bonchev–Trinajstić information content (AvgIpc) is 3.14. The summed E-state index contributed by atoms with van der Waals surface area (Å²) in [6.45, 7) is 1.24. The lowest BCUT2D eigenvalue weighted by Crippen LogP contribution is -2.54. The molecule has 3 rings (SSSR count). The molecule has 2 aliphatic heterocycles. The molecule has 0 aliphatic carbocycles. The molecule has 1 saturated heterocycles. The summed E-state index contributed by atoms with van der Waals surface area (Å²) in [6, 6.07) is -0.927. The number of piperidine rings is 1. The number of hydrogen-bond acceptors (Lipinski definition) is 6. The summed E-state index contributed by atoms with van der Waals surface area (Å²) in [4.78, 5) is 52.3. The predicted octanol–water partition coefficient (Wildman–Crippen LogP) is -1.08. The van der Waals surface area contributed by atoms with Crippen molar-refractivity contribution < 1.29 is 19.2 Å². The van der Waals surface area contributed by atoms with Crippen LogP contribution in [-0.4, -0.2) is 50.7 Å². The normalized spacial score (nSPS) is 21.1. The maximum atomic E-state index is 12.4. The molecule has 1 atom stereocenters. The van der Waals surface area contributed by atoms with Gasteiger partial charge in [-0.05, 0) is 12.8 Å². The Labute approximate surface area is 137 Å². The Morgan fingerprint density at radius 2 is 2.12 bits per heavy atom. The van der Waals surface area contributed by atoms with Crippen LogP contribution in [-0.2, 0) is 25.7 Å². The highest BCUT2D eigenvalue weighted by atomic mass is 16.2. The number of imide groups is 2. The van der Waals surface area contributed by atoms with Crippen molar-refractivity contribution in [3.8, 4) is 0 Å². The third-order valence-electron chi connectivity index (χ3n) is 3.94. The zero-order valence-corrected chi connectivity index (χ0v) is 12.9. The maximum absolute atomic E-state index is 12.4. The van der Waals surface area contributed by atoms with Crippen molar-refractivity contribution in [2.75, 3.05) is 6.54 Å². The van der Waals surface area contributed by atoms with Crippen molar-refractivity contribution >= 4 is 23.6 Å². The molecule has 3 heterocycles. The molecule has 2 N–H and O–H groups in total. The fraction of sp³-hybridized carbons (Fsp3) is 0.400. The van der Waals surface area contributed by atoms with Gasteiger partial charge in [-0.2, -0.15) is 0 Å². The van der Waals surface area contributed by atoms with Crippen LogP contribution in [0.4, 0.5) is 0 Å². The third-order valence-corrected chi connectivity index (χ3v) is 3.94. The Morgan fingerprint density at radius 1 is 1.29 bits per heavy atom. The Morgan fingerprint density at radius 3 is 2.83 bits per heavy atom. The van der Waals surface area contributed by atoms with Gasteiger partial charge in [0.2, 0.25) is 11.8 Å². The summed E-state index contributed by atoms with van der Waals surface area (Å²) in [5.41, 5.74) is 0.176. The van der Waals surface area contributed by atoms with Crippen molar-refractivity contribution in [3.63, 3.8) is 0 Å². The van der Waals surface area contributed by atoms with Crippen molar-refractivity contribution in [3.05, 3.63) is 30.5 Å². The second kappa shape index (κ2) is 6.65. The molecule has 0 spiro atoms. The molecule has 2 aliphatic rings. The van der Waals surface area contributed by atoms with E-state index in [2.05, 4.69) is 15.6 Å². The number of rotatable bonds is 6. The van der Waals surface area contributed by atoms with Gasteiger partial charge in [0.1, 0.15) is 11.7 Å². The molecule has 1 unspecified atom stereocenters. The number of imidazole rings is 1. The fourth-order valence-electron chi connectivity index (χ4n) is 2.74. The molecule has 0 aromatic carbocycles. The van der Waals surface area contributed by atoms with E-state index in [-0.39, 0.29) is 24.4 Å². The molecule has 1 aromatic rings. The van der Waals surface area contributed by atoms with Gasteiger partial charge in [-0.3, -0.25) is 29.4 Å². The summed E-state index contributed by atoms with van der Waals surface area (Å²) < 4.78 is 1.91. The molecule has 0 bridgehead atoms. The molecule has 24 heavy (non-hydrogen) atoms. The van der Waals surface area contributed by atoms with E-state index in [9.17, 15) is 19.2 Å². The lowest BCUT2D eigenvalue weighted by atomic mass is 10.0. The van der Waals surface area contributed by atoms with Crippen LogP contribution in [0.1, 0.15) is 19.3 Å². The van der Waals surface area contributed by atoms with Gasteiger partial charge in [-0.1, -0.05) is 0 Å². The van der Waals surface area contributed by atoms with E-state index in [1.54, 1.807) is 12.5 Å². The summed E-state index contributed by atoms with van der Waals surface area (Å²) in [5.74, 6) is -2.06. The summed E-state index contributed by atoms with van der Waals surface area (Å²) >= 11 is 0. The standard InChI is InChI=1S/C15H17N5O4/c21-12-3-2-11(14(23)18-12)20-13(22)8-10(15(20)24)17-4-1-6-19-7-5-16-9-19/h5,7-9,11,17H,1-4,6H2,(H,18,21,23). The van der Waals surface area contributed by atoms with E-state index < -0.39 is 23.8 Å². The first-order valence-corrected chi connectivity index (χ1v) is 7.69. The van der Waals surface area contributed by atoms with Gasteiger partial charge >= 0.3 is 0 Å². The topological polar surface area (TPSA) is 113 Å². The SMILES string of the molecule is O=C1CCC(N2C(=O)C=C(NCCCn3ccnc3)C2=O)C(=O)N1. The first-order valence-electron chi connectivity index (χ1n) is 7.69. The number of nitrogens with one attached hydrogen (secondary N) is 2. The van der Waals surface area contributed by atoms with Crippen LogP contribution in [0.5, 0.6) is 0 Å². The highest BCUT2D eigenvalue weighted by molar-refractivity contribution is 6.18. The van der Waals surface area contributed by atoms with Crippen molar-refractivity contribution in [1.29, 1.82) is 0 Å². The number of hydrogen-bond donors (Lipinski definition) is 2. The quantitative estimate of drug-likeness (QED) is 0.506. The molecular weight excluding hydrogens is 314 g/mol. The Hall–Kier alpha value is -2.97. The van der Waals surface area contributed by atoms with Gasteiger partial charge in [-0.25, -0.2) is 4.98 Å². The van der Waals surface area contributed by atoms with Crippen molar-refractivity contribution in [2.24, 2.45) is 0 Å². The van der Waals surface area contributed by atoms with E-state index in [1.807, 2.05) is 10.8 Å². The lowest BCUT2D eigenvalue weighted by molar-refractivity contribution is -0.149. The van der Waals surface area contributed by atoms with E-state index in [4.69, 9.17) is 0 Å². The van der Waals surface area contributed by atoms with Crippen LogP contribution in [0, 0.1) is 0 Å². The number of nitrogens with zero attached hydrogens (tertiary/aromatic N) is 3. The Balaban J connectivity index is 1.54. The predicted molar refractivity (Wildman–Crippen MR) is 81.0 cm³/mol. The number of carbonyl (C=O) groups is 4. The third kappa shape index (κ3) is 3.19. The van der Waals surface area contributed by atoms with Gasteiger partial charge in [0, 0.05) is 38.0 Å². The largest absolute Gasteiger partial charge is 0.380 e. The molecule has 0 radical (unpaired) electrons. The highest BCUT2D eigenvalue weighted by Crippen LogP contribution is 2.19. The molecular formula is C15H17N5O4. The van der Waals surface area contributed by atoms with E-state index >= 15 is 0 Å². The average molecular weight is 331 g/mol. The number of amides is 4. The minimum atomic E-state index is -0.927. The molecule has 9 nitrogen and oxygen atoms in total. The van der Waals surface area contributed by atoms with Crippen LogP contribution < -0.4 is 10.6 Å². The van der Waals surface area contributed by atoms with Crippen molar-refractivity contribution in [1.82, 2.24) is 25.1 Å². The van der Waals surface area contributed by atoms with Gasteiger partial charge < -0.3 is 9.88 Å². The minimum absolute atomic E-state index is 0.112. The van der Waals surface area contributed by atoms with Gasteiger partial charge in [0.05, 0.1) is 6.33 Å². The molecule has 9 heteroatoms. The molecule has 126 valence electrons. The van der Waals surface area contributed by atoms with E-state index in [0.29, 0.717) is 6.54 Å². The first kappa shape index (κ1) is 15.9. The van der Waals surface area contributed by atoms with Gasteiger partial charge in [-0.15, -0.1) is 0 Å². The lowest BCUT2D eigenvalue weighted by Gasteiger charge is -2.28. The maximum Gasteiger partial charge on any atom is 0.277 e. The van der Waals surface area contributed by atoms with Crippen LogP contribution in [0.15, 0.2) is 30.5 Å². The number of aromatic nitrogens is 2. The summed E-state index contributed by atoms with van der Waals surface area (Å²) in [5, 5.41) is 5.09. The monoisotopic (exact) mass is 331 g/mol. The highest BCUT2D eigenvalue weighted by Gasteiger charge is 2.42. The Bertz CT molecular complexity index is 709. The molecule has 1 fully saturated rings. The fourth-order valence-corrected chi connectivity index (χ4v) is 2.74. The number of aryl methyl sites for hydroxylation is 1. The van der Waals surface area contributed by atoms with Crippen LogP contribution in [0.3, 0.4) is 0 Å². The van der Waals surface area contributed by atoms with Gasteiger partial charge in [0.15, 0.2) is 0 Å². The summed E-state index contributed by atoms with van der Waals surface area (Å²) in [6.07, 6.45) is 7.44. The van der Waals surface area contributed by atoms with E-state index in [1.165, 1.54) is 6.08 Å². The van der Waals surface area contributed by atoms with Gasteiger partial charge in [0.25, 0.3) is 11.8 Å². The summed E-state index contributed by atoms with van der Waals surface area (Å²) in [7, 11) is 0.